The molecule has 0 heterocycles. The Labute approximate surface area is 235 Å². The van der Waals surface area contributed by atoms with E-state index in [9.17, 15) is 15.3 Å². The minimum atomic E-state index is -1.51. The van der Waals surface area contributed by atoms with Crippen LogP contribution < -0.4 is 11.1 Å². The van der Waals surface area contributed by atoms with E-state index in [1.54, 1.807) is 0 Å². The molecule has 0 radical (unpaired) electrons. The number of aliphatic hydroxyl groups is 3. The lowest BCUT2D eigenvalue weighted by atomic mass is 9.46. The highest BCUT2D eigenvalue weighted by Crippen LogP contribution is 2.62. The summed E-state index contributed by atoms with van der Waals surface area (Å²) >= 11 is 0. The molecule has 1 aromatic carbocycles. The average molecular weight is 536 g/mol. The lowest BCUT2D eigenvalue weighted by Gasteiger charge is -2.62. The number of hydrogen-bond donors (Lipinski definition) is 5. The third-order valence-electron chi connectivity index (χ3n) is 9.83. The molecule has 214 valence electrons. The van der Waals surface area contributed by atoms with E-state index in [4.69, 9.17) is 5.73 Å². The Hall–Kier alpha value is -2.38. The van der Waals surface area contributed by atoms with Gasteiger partial charge in [-0.25, -0.2) is 0 Å². The zero-order valence-electron chi connectivity index (χ0n) is 25.1. The summed E-state index contributed by atoms with van der Waals surface area (Å²) in [4.78, 5) is 1.84. The number of likely N-dealkylation sites (N-methyl/N-ethyl adjacent to an activating group) is 1. The van der Waals surface area contributed by atoms with Gasteiger partial charge in [-0.05, 0) is 83.5 Å². The van der Waals surface area contributed by atoms with E-state index < -0.39 is 23.7 Å². The quantitative estimate of drug-likeness (QED) is 0.377. The highest BCUT2D eigenvalue weighted by molar-refractivity contribution is 5.76. The van der Waals surface area contributed by atoms with Gasteiger partial charge in [0.05, 0.1) is 12.1 Å². The van der Waals surface area contributed by atoms with Crippen LogP contribution in [0.1, 0.15) is 62.8 Å². The molecule has 3 aliphatic rings. The number of nitrogens with zero attached hydrogens (tertiary/aromatic N) is 1. The lowest BCUT2D eigenvalue weighted by Crippen LogP contribution is -2.69. The van der Waals surface area contributed by atoms with Gasteiger partial charge in [-0.15, -0.1) is 0 Å². The molecule has 3 aliphatic carbocycles. The van der Waals surface area contributed by atoms with Gasteiger partial charge in [0, 0.05) is 30.3 Å². The smallest absolute Gasteiger partial charge is 0.119 e. The molecule has 39 heavy (non-hydrogen) atoms. The van der Waals surface area contributed by atoms with E-state index in [1.807, 2.05) is 25.9 Å². The predicted molar refractivity (Wildman–Crippen MR) is 160 cm³/mol. The molecule has 0 saturated heterocycles. The molecule has 0 aliphatic heterocycles. The van der Waals surface area contributed by atoms with Gasteiger partial charge in [-0.3, -0.25) is 4.90 Å². The molecule has 0 amide bonds. The van der Waals surface area contributed by atoms with Crippen LogP contribution in [0.4, 0.5) is 0 Å². The lowest BCUT2D eigenvalue weighted by molar-refractivity contribution is -0.177. The maximum Gasteiger partial charge on any atom is 0.119 e. The number of nitrogens with two attached hydrogens (primary N) is 1. The molecule has 0 bridgehead atoms. The fraction of sp³-hybridized carbons (Fsp3) is 0.576. The summed E-state index contributed by atoms with van der Waals surface area (Å²) < 4.78 is 0. The third kappa shape index (κ3) is 4.40. The van der Waals surface area contributed by atoms with Crippen LogP contribution in [0.5, 0.6) is 0 Å². The largest absolute Gasteiger partial charge is 0.510 e. The number of benzene rings is 1. The molecule has 1 unspecified atom stereocenters. The summed E-state index contributed by atoms with van der Waals surface area (Å²) in [6.07, 6.45) is -0.913. The normalized spacial score (nSPS) is 34.6. The molecular formula is C33H49N3O3. The van der Waals surface area contributed by atoms with Crippen molar-refractivity contribution in [2.24, 2.45) is 34.8 Å². The molecule has 6 heteroatoms. The number of nitrogens with one attached hydrogen (secondary N) is 1. The van der Waals surface area contributed by atoms with Gasteiger partial charge in [-0.2, -0.15) is 0 Å². The van der Waals surface area contributed by atoms with Crippen molar-refractivity contribution >= 4 is 5.57 Å². The SMILES string of the molecule is C=C(N)C1=C(O)[C@@H](N(C)C)[C@@H]2[C@@H](O)[C@H]3C(C(=C)c4c(ccc(CNCC(C)(C)C)c4C)[C@@H]3C)[C@H](C)[C@]2(O)C1=C. The van der Waals surface area contributed by atoms with Gasteiger partial charge in [-0.1, -0.05) is 66.5 Å². The first-order valence-corrected chi connectivity index (χ1v) is 14.1. The molecule has 6 N–H and O–H groups in total. The molecule has 8 atom stereocenters. The molecule has 1 saturated carbocycles. The van der Waals surface area contributed by atoms with Crippen LogP contribution in [0.15, 0.2) is 54.5 Å². The van der Waals surface area contributed by atoms with Crippen molar-refractivity contribution in [3.8, 4) is 0 Å². The van der Waals surface area contributed by atoms with E-state index in [1.165, 1.54) is 16.7 Å². The fourth-order valence-corrected chi connectivity index (χ4v) is 7.98. The first-order chi connectivity index (χ1) is 18.0. The van der Waals surface area contributed by atoms with Gasteiger partial charge >= 0.3 is 0 Å². The summed E-state index contributed by atoms with van der Waals surface area (Å²) in [5.74, 6) is -1.37. The highest BCUT2D eigenvalue weighted by Gasteiger charge is 2.65. The van der Waals surface area contributed by atoms with Crippen LogP contribution in [0.25, 0.3) is 5.57 Å². The summed E-state index contributed by atoms with van der Waals surface area (Å²) in [7, 11) is 3.68. The van der Waals surface area contributed by atoms with Crippen LogP contribution in [0.2, 0.25) is 0 Å². The molecular weight excluding hydrogens is 486 g/mol. The van der Waals surface area contributed by atoms with Crippen molar-refractivity contribution in [1.29, 1.82) is 0 Å². The molecule has 1 fully saturated rings. The van der Waals surface area contributed by atoms with Gasteiger partial charge in [0.25, 0.3) is 0 Å². The zero-order chi connectivity index (χ0) is 29.4. The second-order valence-corrected chi connectivity index (χ2v) is 13.7. The first-order valence-electron chi connectivity index (χ1n) is 14.1. The van der Waals surface area contributed by atoms with Crippen LogP contribution >= 0.6 is 0 Å². The summed E-state index contributed by atoms with van der Waals surface area (Å²) in [6, 6.07) is 3.74. The Balaban J connectivity index is 1.84. The molecule has 4 rings (SSSR count). The number of rotatable bonds is 5. The van der Waals surface area contributed by atoms with Crippen molar-refractivity contribution < 1.29 is 15.3 Å². The average Bonchev–Trinajstić information content (AvgIpc) is 2.81. The van der Waals surface area contributed by atoms with Crippen molar-refractivity contribution in [1.82, 2.24) is 10.2 Å². The second-order valence-electron chi connectivity index (χ2n) is 13.7. The summed E-state index contributed by atoms with van der Waals surface area (Å²) in [6.45, 7) is 27.4. The maximum atomic E-state index is 12.6. The van der Waals surface area contributed by atoms with E-state index in [-0.39, 0.29) is 40.5 Å². The van der Waals surface area contributed by atoms with Crippen molar-refractivity contribution in [3.05, 3.63) is 76.7 Å². The maximum absolute atomic E-state index is 12.6. The van der Waals surface area contributed by atoms with Gasteiger partial charge in [0.2, 0.25) is 0 Å². The standard InChI is InChI=1S/C33H49N3O3/c1-16-22(14-35-15-32(7,8)9)12-13-23-17(2)26-25(18(3)24(16)23)19(4)33(39)20(5)27(21(6)34)31(38)29(36(10)11)28(33)30(26)37/h12-13,17,19,25-26,28-30,35,37-39H,3,5-6,14-15,34H2,1-2,4,7-11H3/t17-,19-,25?,26+,28+,29-,30-,33-/m0/s1. The van der Waals surface area contributed by atoms with Gasteiger partial charge in [0.15, 0.2) is 0 Å². The Morgan fingerprint density at radius 2 is 1.79 bits per heavy atom. The van der Waals surface area contributed by atoms with Crippen molar-refractivity contribution in [2.45, 2.75) is 71.8 Å². The van der Waals surface area contributed by atoms with Crippen LogP contribution in [0, 0.1) is 36.0 Å². The Morgan fingerprint density at radius 3 is 2.33 bits per heavy atom. The summed E-state index contributed by atoms with van der Waals surface area (Å²) in [5.41, 5.74) is 11.3. The molecule has 0 aromatic heterocycles. The van der Waals surface area contributed by atoms with E-state index >= 15 is 0 Å². The predicted octanol–water partition coefficient (Wildman–Crippen LogP) is 4.64. The third-order valence-corrected chi connectivity index (χ3v) is 9.83. The van der Waals surface area contributed by atoms with Crippen LogP contribution in [-0.4, -0.2) is 58.6 Å². The van der Waals surface area contributed by atoms with Gasteiger partial charge in [0.1, 0.15) is 11.4 Å². The number of fused-ring (bicyclic) bond motifs is 3. The Morgan fingerprint density at radius 1 is 1.18 bits per heavy atom. The minimum Gasteiger partial charge on any atom is -0.510 e. The van der Waals surface area contributed by atoms with E-state index in [2.05, 4.69) is 71.8 Å². The number of hydrogen-bond acceptors (Lipinski definition) is 6. The number of allylic oxidation sites excluding steroid dienone is 2. The second kappa shape index (κ2) is 9.91. The van der Waals surface area contributed by atoms with Gasteiger partial charge < -0.3 is 26.4 Å². The molecule has 6 nitrogen and oxygen atoms in total. The van der Waals surface area contributed by atoms with Crippen LogP contribution in [-0.2, 0) is 6.54 Å². The van der Waals surface area contributed by atoms with E-state index in [0.29, 0.717) is 11.1 Å². The molecule has 1 aromatic rings. The van der Waals surface area contributed by atoms with E-state index in [0.717, 1.165) is 24.2 Å². The Bertz CT molecular complexity index is 1240. The van der Waals surface area contributed by atoms with Crippen molar-refractivity contribution in [3.63, 3.8) is 0 Å². The van der Waals surface area contributed by atoms with Crippen LogP contribution in [0.3, 0.4) is 0 Å². The topological polar surface area (TPSA) is 102 Å². The fourth-order valence-electron chi connectivity index (χ4n) is 7.98. The van der Waals surface area contributed by atoms with Crippen molar-refractivity contribution in [2.75, 3.05) is 20.6 Å². The highest BCUT2D eigenvalue weighted by atomic mass is 16.3. The first kappa shape index (κ1) is 29.6. The zero-order valence-corrected chi connectivity index (χ0v) is 25.1. The molecule has 0 spiro atoms. The summed E-state index contributed by atoms with van der Waals surface area (Å²) in [5, 5.41) is 39.7. The monoisotopic (exact) mass is 535 g/mol. The Kier molecular flexibility index (Phi) is 7.52. The minimum absolute atomic E-state index is 0.00260. The number of aliphatic hydroxyl groups excluding tert-OH is 2.